The number of pyridine rings is 1. The Bertz CT molecular complexity index is 932. The van der Waals surface area contributed by atoms with Crippen LogP contribution >= 0.6 is 0 Å². The van der Waals surface area contributed by atoms with Crippen LogP contribution in [0.4, 0.5) is 0 Å². The number of benzene rings is 1. The Hall–Kier alpha value is -2.69. The van der Waals surface area contributed by atoms with Crippen LogP contribution in [0.3, 0.4) is 0 Å². The van der Waals surface area contributed by atoms with Gasteiger partial charge in [0.2, 0.25) is 0 Å². The lowest BCUT2D eigenvalue weighted by molar-refractivity contribution is 1.06. The molecule has 0 aliphatic heterocycles. The zero-order chi connectivity index (χ0) is 13.7. The lowest BCUT2D eigenvalue weighted by atomic mass is 10.1. The van der Waals surface area contributed by atoms with Gasteiger partial charge >= 0.3 is 0 Å². The van der Waals surface area contributed by atoms with E-state index < -0.39 is 0 Å². The molecule has 0 aliphatic carbocycles. The van der Waals surface area contributed by atoms with Crippen LogP contribution in [0.5, 0.6) is 0 Å². The van der Waals surface area contributed by atoms with Crippen molar-refractivity contribution in [2.24, 2.45) is 0 Å². The molecule has 0 aliphatic rings. The molecule has 0 unspecified atom stereocenters. The van der Waals surface area contributed by atoms with Gasteiger partial charge in [-0.05, 0) is 43.7 Å². The molecule has 0 fully saturated rings. The summed E-state index contributed by atoms with van der Waals surface area (Å²) in [7, 11) is 0. The van der Waals surface area contributed by atoms with Gasteiger partial charge in [-0.1, -0.05) is 0 Å². The van der Waals surface area contributed by atoms with Crippen molar-refractivity contribution < 1.29 is 0 Å². The molecular formula is C15H13N5. The van der Waals surface area contributed by atoms with Crippen LogP contribution in [0.15, 0.2) is 36.8 Å². The number of fused-ring (bicyclic) bond motifs is 2. The van der Waals surface area contributed by atoms with Crippen molar-refractivity contribution in [2.75, 3.05) is 0 Å². The molecule has 20 heavy (non-hydrogen) atoms. The fourth-order valence-electron chi connectivity index (χ4n) is 2.53. The average Bonchev–Trinajstić information content (AvgIpc) is 3.04. The molecule has 0 spiro atoms. The number of H-pyrrole nitrogens is 1. The van der Waals surface area contributed by atoms with Gasteiger partial charge in [-0.15, -0.1) is 0 Å². The van der Waals surface area contributed by atoms with Crippen molar-refractivity contribution >= 4 is 22.1 Å². The van der Waals surface area contributed by atoms with E-state index in [9.17, 15) is 0 Å². The predicted molar refractivity (Wildman–Crippen MR) is 78.0 cm³/mol. The summed E-state index contributed by atoms with van der Waals surface area (Å²) < 4.78 is 2.02. The van der Waals surface area contributed by atoms with Gasteiger partial charge in [-0.3, -0.25) is 9.67 Å². The molecule has 0 atom stereocenters. The third-order valence-corrected chi connectivity index (χ3v) is 3.54. The lowest BCUT2D eigenvalue weighted by Gasteiger charge is -2.06. The summed E-state index contributed by atoms with van der Waals surface area (Å²) >= 11 is 0. The molecule has 5 heteroatoms. The van der Waals surface area contributed by atoms with E-state index >= 15 is 0 Å². The third kappa shape index (κ3) is 1.53. The Kier molecular flexibility index (Phi) is 2.18. The molecule has 98 valence electrons. The molecule has 0 saturated heterocycles. The van der Waals surface area contributed by atoms with Crippen molar-refractivity contribution in [3.63, 3.8) is 0 Å². The van der Waals surface area contributed by atoms with Crippen molar-refractivity contribution in [1.29, 1.82) is 0 Å². The van der Waals surface area contributed by atoms with Crippen molar-refractivity contribution in [3.8, 4) is 5.69 Å². The minimum Gasteiger partial charge on any atom is -0.283 e. The fourth-order valence-corrected chi connectivity index (χ4v) is 2.53. The minimum atomic E-state index is 0.882. The Morgan fingerprint density at radius 3 is 2.95 bits per heavy atom. The van der Waals surface area contributed by atoms with E-state index in [-0.39, 0.29) is 0 Å². The maximum Gasteiger partial charge on any atom is 0.164 e. The first-order valence-electron chi connectivity index (χ1n) is 6.47. The standard InChI is InChI=1S/C15H13N5/c1-9-5-12(6-11-7-17-19-14(9)11)20-8-16-13-4-3-10(2)18-15(13)20/h3-8H,1-2H3,(H,17,19). The summed E-state index contributed by atoms with van der Waals surface area (Å²) in [6.45, 7) is 4.06. The summed E-state index contributed by atoms with van der Waals surface area (Å²) in [5.41, 5.74) is 6.05. The van der Waals surface area contributed by atoms with E-state index in [0.29, 0.717) is 0 Å². The first-order chi connectivity index (χ1) is 9.72. The highest BCUT2D eigenvalue weighted by Gasteiger charge is 2.09. The number of aryl methyl sites for hydroxylation is 2. The van der Waals surface area contributed by atoms with Gasteiger partial charge in [0.1, 0.15) is 11.8 Å². The maximum absolute atomic E-state index is 4.59. The lowest BCUT2D eigenvalue weighted by Crippen LogP contribution is -1.95. The van der Waals surface area contributed by atoms with Gasteiger partial charge in [-0.25, -0.2) is 9.97 Å². The van der Waals surface area contributed by atoms with Gasteiger partial charge < -0.3 is 0 Å². The zero-order valence-electron chi connectivity index (χ0n) is 11.3. The number of hydrogen-bond donors (Lipinski definition) is 1. The van der Waals surface area contributed by atoms with Gasteiger partial charge in [-0.2, -0.15) is 5.10 Å². The number of imidazole rings is 1. The van der Waals surface area contributed by atoms with Crippen LogP contribution in [-0.2, 0) is 0 Å². The van der Waals surface area contributed by atoms with Crippen molar-refractivity contribution in [3.05, 3.63) is 48.0 Å². The molecule has 4 aromatic rings. The third-order valence-electron chi connectivity index (χ3n) is 3.54. The fraction of sp³-hybridized carbons (Fsp3) is 0.133. The molecule has 4 rings (SSSR count). The largest absolute Gasteiger partial charge is 0.283 e. The molecule has 3 aromatic heterocycles. The number of rotatable bonds is 1. The van der Waals surface area contributed by atoms with Crippen LogP contribution in [0.25, 0.3) is 27.8 Å². The number of aromatic amines is 1. The highest BCUT2D eigenvalue weighted by atomic mass is 15.1. The smallest absolute Gasteiger partial charge is 0.164 e. The van der Waals surface area contributed by atoms with Crippen LogP contribution < -0.4 is 0 Å². The van der Waals surface area contributed by atoms with Gasteiger partial charge in [0.15, 0.2) is 5.65 Å². The number of nitrogens with one attached hydrogen (secondary N) is 1. The topological polar surface area (TPSA) is 59.4 Å². The molecule has 1 N–H and O–H groups in total. The average molecular weight is 263 g/mol. The summed E-state index contributed by atoms with van der Waals surface area (Å²) in [6.07, 6.45) is 3.65. The monoisotopic (exact) mass is 263 g/mol. The second-order valence-electron chi connectivity index (χ2n) is 5.01. The number of aromatic nitrogens is 5. The Labute approximate surface area is 115 Å². The molecule has 0 radical (unpaired) electrons. The molecule has 0 saturated carbocycles. The highest BCUT2D eigenvalue weighted by molar-refractivity contribution is 5.84. The van der Waals surface area contributed by atoms with E-state index in [1.54, 1.807) is 0 Å². The SMILES string of the molecule is Cc1ccc2ncn(-c3cc(C)c4[nH]ncc4c3)c2n1. The van der Waals surface area contributed by atoms with E-state index in [4.69, 9.17) is 0 Å². The van der Waals surface area contributed by atoms with Crippen molar-refractivity contribution in [2.45, 2.75) is 13.8 Å². The van der Waals surface area contributed by atoms with E-state index in [0.717, 1.165) is 39.0 Å². The van der Waals surface area contributed by atoms with Crippen molar-refractivity contribution in [1.82, 2.24) is 24.7 Å². The van der Waals surface area contributed by atoms with Crippen LogP contribution in [0.2, 0.25) is 0 Å². The second-order valence-corrected chi connectivity index (χ2v) is 5.01. The molecule has 0 amide bonds. The van der Waals surface area contributed by atoms with E-state index in [1.807, 2.05) is 36.1 Å². The normalized spacial score (nSPS) is 11.5. The molecular weight excluding hydrogens is 250 g/mol. The number of nitrogens with zero attached hydrogens (tertiary/aromatic N) is 4. The minimum absolute atomic E-state index is 0.882. The first kappa shape index (κ1) is 11.2. The van der Waals surface area contributed by atoms with E-state index in [2.05, 4.69) is 39.2 Å². The molecule has 1 aromatic carbocycles. The second kappa shape index (κ2) is 3.90. The quantitative estimate of drug-likeness (QED) is 0.574. The molecule has 5 nitrogen and oxygen atoms in total. The Morgan fingerprint density at radius 2 is 2.05 bits per heavy atom. The Morgan fingerprint density at radius 1 is 1.15 bits per heavy atom. The summed E-state index contributed by atoms with van der Waals surface area (Å²) in [5, 5.41) is 8.20. The summed E-state index contributed by atoms with van der Waals surface area (Å²) in [6, 6.07) is 8.18. The van der Waals surface area contributed by atoms with Gasteiger partial charge in [0, 0.05) is 16.8 Å². The molecule has 0 bridgehead atoms. The summed E-state index contributed by atoms with van der Waals surface area (Å²) in [5.74, 6) is 0. The van der Waals surface area contributed by atoms with Crippen LogP contribution in [-0.4, -0.2) is 24.7 Å². The number of hydrogen-bond acceptors (Lipinski definition) is 3. The van der Waals surface area contributed by atoms with Crippen LogP contribution in [0, 0.1) is 13.8 Å². The van der Waals surface area contributed by atoms with Gasteiger partial charge in [0.05, 0.1) is 11.7 Å². The summed E-state index contributed by atoms with van der Waals surface area (Å²) in [4.78, 5) is 9.00. The Balaban J connectivity index is 2.03. The zero-order valence-corrected chi connectivity index (χ0v) is 11.3. The maximum atomic E-state index is 4.59. The molecule has 3 heterocycles. The first-order valence-corrected chi connectivity index (χ1v) is 6.47. The highest BCUT2D eigenvalue weighted by Crippen LogP contribution is 2.23. The van der Waals surface area contributed by atoms with E-state index in [1.165, 1.54) is 0 Å². The predicted octanol–water partition coefficient (Wildman–Crippen LogP) is 2.91. The van der Waals surface area contributed by atoms with Gasteiger partial charge in [0.25, 0.3) is 0 Å². The van der Waals surface area contributed by atoms with Crippen LogP contribution in [0.1, 0.15) is 11.3 Å².